The minimum atomic E-state index is 0.628. The normalized spacial score (nSPS) is 11.9. The summed E-state index contributed by atoms with van der Waals surface area (Å²) in [5, 5.41) is 7.21. The summed E-state index contributed by atoms with van der Waals surface area (Å²) in [7, 11) is 0. The van der Waals surface area contributed by atoms with Gasteiger partial charge in [0.05, 0.1) is 44.5 Å². The van der Waals surface area contributed by atoms with Gasteiger partial charge in [0.15, 0.2) is 0 Å². The fraction of sp³-hybridized carbons (Fsp3) is 0.0189. The van der Waals surface area contributed by atoms with Crippen LogP contribution in [0.5, 0.6) is 0 Å². The van der Waals surface area contributed by atoms with Crippen molar-refractivity contribution in [2.24, 2.45) is 0 Å². The number of nitrogens with zero attached hydrogens (tertiary/aromatic N) is 5. The average molecular weight is 742 g/mol. The second kappa shape index (κ2) is 12.6. The number of aryl methyl sites for hydroxylation is 1. The van der Waals surface area contributed by atoms with E-state index in [2.05, 4.69) is 209 Å². The zero-order chi connectivity index (χ0) is 38.3. The van der Waals surface area contributed by atoms with Crippen molar-refractivity contribution in [2.45, 2.75) is 6.92 Å². The highest BCUT2D eigenvalue weighted by Crippen LogP contribution is 2.42. The van der Waals surface area contributed by atoms with E-state index in [1.807, 2.05) is 6.07 Å². The molecule has 4 heterocycles. The molecule has 0 N–H and O–H groups in total. The number of benzene rings is 8. The van der Waals surface area contributed by atoms with Gasteiger partial charge in [0.2, 0.25) is 5.95 Å². The van der Waals surface area contributed by atoms with Crippen LogP contribution in [0.25, 0.3) is 105 Å². The first-order valence-corrected chi connectivity index (χ1v) is 19.8. The van der Waals surface area contributed by atoms with E-state index in [0.717, 1.165) is 61.2 Å². The standard InChI is InChI=1S/C53H35N5/c1-34-15-5-10-22-46(34)57-49-25-13-8-20-40(49)42-31-32-43-41-21-9-14-26-50(41)58(52(43)51(42)57)53-54-44(35-16-3-2-4-17-35)33-45(55-53)36-27-29-37(30-28-36)56-47-23-11-6-18-38(47)39-19-7-12-24-48(39)56/h2-33H,1H3. The van der Waals surface area contributed by atoms with E-state index in [9.17, 15) is 0 Å². The van der Waals surface area contributed by atoms with Crippen LogP contribution >= 0.6 is 0 Å². The Bertz CT molecular complexity index is 3520. The molecule has 0 amide bonds. The van der Waals surface area contributed by atoms with Crippen LogP contribution in [0.2, 0.25) is 0 Å². The van der Waals surface area contributed by atoms with E-state index in [0.29, 0.717) is 5.95 Å². The van der Waals surface area contributed by atoms with Gasteiger partial charge in [-0.05, 0) is 61.0 Å². The molecule has 4 aromatic heterocycles. The third kappa shape index (κ3) is 4.77. The first-order valence-electron chi connectivity index (χ1n) is 19.8. The van der Waals surface area contributed by atoms with Crippen LogP contribution in [0.15, 0.2) is 194 Å². The predicted octanol–water partition coefficient (Wildman–Crippen LogP) is 13.4. The number of hydrogen-bond donors (Lipinski definition) is 0. The van der Waals surface area contributed by atoms with Crippen molar-refractivity contribution in [1.82, 2.24) is 23.7 Å². The molecule has 0 bridgehead atoms. The van der Waals surface area contributed by atoms with Crippen LogP contribution < -0.4 is 0 Å². The van der Waals surface area contributed by atoms with Gasteiger partial charge in [-0.15, -0.1) is 0 Å². The van der Waals surface area contributed by atoms with Crippen molar-refractivity contribution in [1.29, 1.82) is 0 Å². The summed E-state index contributed by atoms with van der Waals surface area (Å²) in [5.41, 5.74) is 14.1. The van der Waals surface area contributed by atoms with E-state index >= 15 is 0 Å². The smallest absolute Gasteiger partial charge is 0.235 e. The number of hydrogen-bond acceptors (Lipinski definition) is 2. The Balaban J connectivity index is 1.14. The predicted molar refractivity (Wildman–Crippen MR) is 241 cm³/mol. The summed E-state index contributed by atoms with van der Waals surface area (Å²) >= 11 is 0. The van der Waals surface area contributed by atoms with Crippen molar-refractivity contribution in [3.05, 3.63) is 200 Å². The first kappa shape index (κ1) is 32.5. The largest absolute Gasteiger partial charge is 0.309 e. The molecule has 0 fully saturated rings. The average Bonchev–Trinajstić information content (AvgIpc) is 3.93. The van der Waals surface area contributed by atoms with Crippen molar-refractivity contribution in [2.75, 3.05) is 0 Å². The van der Waals surface area contributed by atoms with E-state index in [1.165, 1.54) is 43.7 Å². The third-order valence-corrected chi connectivity index (χ3v) is 11.8. The molecule has 272 valence electrons. The summed E-state index contributed by atoms with van der Waals surface area (Å²) in [5.74, 6) is 0.628. The highest BCUT2D eigenvalue weighted by Gasteiger charge is 2.23. The molecular weight excluding hydrogens is 707 g/mol. The third-order valence-electron chi connectivity index (χ3n) is 11.8. The SMILES string of the molecule is Cc1ccccc1-n1c2ccccc2c2ccc3c4ccccc4n(-c4nc(-c5ccccc5)cc(-c5ccc(-n6c7ccccc7c7ccccc76)cc5)n4)c3c21. The van der Waals surface area contributed by atoms with Gasteiger partial charge in [0, 0.05) is 54.8 Å². The molecule has 0 aliphatic rings. The molecule has 0 spiro atoms. The van der Waals surface area contributed by atoms with Crippen molar-refractivity contribution in [3.63, 3.8) is 0 Å². The Morgan fingerprint density at radius 3 is 1.34 bits per heavy atom. The molecule has 5 heteroatoms. The summed E-state index contributed by atoms with van der Waals surface area (Å²) in [4.78, 5) is 10.9. The fourth-order valence-electron chi connectivity index (χ4n) is 9.19. The highest BCUT2D eigenvalue weighted by atomic mass is 15.2. The molecule has 8 aromatic carbocycles. The maximum absolute atomic E-state index is 5.48. The van der Waals surface area contributed by atoms with Crippen LogP contribution in [-0.4, -0.2) is 23.7 Å². The molecule has 0 aliphatic heterocycles. The molecule has 5 nitrogen and oxygen atoms in total. The topological polar surface area (TPSA) is 40.6 Å². The molecule has 0 saturated carbocycles. The van der Waals surface area contributed by atoms with Crippen LogP contribution in [0.1, 0.15) is 5.56 Å². The number of aromatic nitrogens is 5. The van der Waals surface area contributed by atoms with Gasteiger partial charge in [0.25, 0.3) is 0 Å². The van der Waals surface area contributed by atoms with E-state index < -0.39 is 0 Å². The molecule has 12 aromatic rings. The lowest BCUT2D eigenvalue weighted by Gasteiger charge is -2.15. The van der Waals surface area contributed by atoms with Gasteiger partial charge >= 0.3 is 0 Å². The van der Waals surface area contributed by atoms with E-state index in [4.69, 9.17) is 9.97 Å². The molecule has 12 rings (SSSR count). The number of rotatable bonds is 5. The van der Waals surface area contributed by atoms with Gasteiger partial charge in [-0.1, -0.05) is 146 Å². The molecule has 0 saturated heterocycles. The maximum Gasteiger partial charge on any atom is 0.235 e. The Labute approximate surface area is 334 Å². The number of fused-ring (bicyclic) bond motifs is 10. The summed E-state index contributed by atoms with van der Waals surface area (Å²) in [6.07, 6.45) is 0. The van der Waals surface area contributed by atoms with Crippen LogP contribution in [0.3, 0.4) is 0 Å². The monoisotopic (exact) mass is 741 g/mol. The number of para-hydroxylation sites is 5. The van der Waals surface area contributed by atoms with Crippen molar-refractivity contribution >= 4 is 65.4 Å². The zero-order valence-corrected chi connectivity index (χ0v) is 31.7. The molecule has 0 radical (unpaired) electrons. The summed E-state index contributed by atoms with van der Waals surface area (Å²) in [6, 6.07) is 69.3. The lowest BCUT2D eigenvalue weighted by Crippen LogP contribution is -2.05. The van der Waals surface area contributed by atoms with Crippen molar-refractivity contribution < 1.29 is 0 Å². The molecule has 0 atom stereocenters. The molecular formula is C53H35N5. The highest BCUT2D eigenvalue weighted by molar-refractivity contribution is 6.23. The molecule has 0 aliphatic carbocycles. The minimum Gasteiger partial charge on any atom is -0.309 e. The minimum absolute atomic E-state index is 0.628. The molecule has 58 heavy (non-hydrogen) atoms. The Morgan fingerprint density at radius 2 is 0.776 bits per heavy atom. The van der Waals surface area contributed by atoms with Crippen LogP contribution in [-0.2, 0) is 0 Å². The van der Waals surface area contributed by atoms with Gasteiger partial charge in [-0.3, -0.25) is 4.57 Å². The van der Waals surface area contributed by atoms with Gasteiger partial charge in [-0.25, -0.2) is 9.97 Å². The lowest BCUT2D eigenvalue weighted by molar-refractivity contribution is 0.994. The van der Waals surface area contributed by atoms with Crippen LogP contribution in [0, 0.1) is 6.92 Å². The molecule has 0 unspecified atom stereocenters. The maximum atomic E-state index is 5.48. The van der Waals surface area contributed by atoms with Gasteiger partial charge in [0.1, 0.15) is 0 Å². The van der Waals surface area contributed by atoms with E-state index in [1.54, 1.807) is 0 Å². The van der Waals surface area contributed by atoms with E-state index in [-0.39, 0.29) is 0 Å². The first-order chi connectivity index (χ1) is 28.7. The quantitative estimate of drug-likeness (QED) is 0.176. The summed E-state index contributed by atoms with van der Waals surface area (Å²) in [6.45, 7) is 2.19. The zero-order valence-electron chi connectivity index (χ0n) is 31.7. The Hall–Kier alpha value is -7.76. The second-order valence-corrected chi connectivity index (χ2v) is 15.1. The Kier molecular flexibility index (Phi) is 7.07. The Morgan fingerprint density at radius 1 is 0.345 bits per heavy atom. The summed E-state index contributed by atoms with van der Waals surface area (Å²) < 4.78 is 7.09. The fourth-order valence-corrected chi connectivity index (χ4v) is 9.19. The van der Waals surface area contributed by atoms with Crippen LogP contribution in [0.4, 0.5) is 0 Å². The van der Waals surface area contributed by atoms with Gasteiger partial charge < -0.3 is 9.13 Å². The van der Waals surface area contributed by atoms with Crippen molar-refractivity contribution in [3.8, 4) is 39.8 Å². The van der Waals surface area contributed by atoms with Gasteiger partial charge in [-0.2, -0.15) is 0 Å². The second-order valence-electron chi connectivity index (χ2n) is 15.1. The lowest BCUT2D eigenvalue weighted by atomic mass is 10.1.